The molecule has 0 radical (unpaired) electrons. The Morgan fingerprint density at radius 1 is 1.10 bits per heavy atom. The van der Waals surface area contributed by atoms with Gasteiger partial charge in [0, 0.05) is 18.3 Å². The van der Waals surface area contributed by atoms with Crippen molar-refractivity contribution in [2.45, 2.75) is 26.9 Å². The lowest BCUT2D eigenvalue weighted by Crippen LogP contribution is -2.35. The summed E-state index contributed by atoms with van der Waals surface area (Å²) in [6.07, 6.45) is 1.33. The molecule has 1 amide bonds. The Morgan fingerprint density at radius 2 is 1.79 bits per heavy atom. The van der Waals surface area contributed by atoms with E-state index >= 15 is 0 Å². The number of aryl methyl sites for hydroxylation is 1. The van der Waals surface area contributed by atoms with Gasteiger partial charge in [-0.25, -0.2) is 0 Å². The van der Waals surface area contributed by atoms with Gasteiger partial charge in [0.2, 0.25) is 0 Å². The van der Waals surface area contributed by atoms with Gasteiger partial charge in [-0.15, -0.1) is 4.40 Å². The van der Waals surface area contributed by atoms with Crippen molar-refractivity contribution in [2.75, 3.05) is 7.11 Å². The van der Waals surface area contributed by atoms with Gasteiger partial charge in [0.05, 0.1) is 24.9 Å². The number of methoxy groups -OCH3 is 1. The minimum absolute atomic E-state index is 0.0118. The van der Waals surface area contributed by atoms with Crippen LogP contribution in [0.15, 0.2) is 64.7 Å². The molecule has 0 saturated heterocycles. The smallest absolute Gasteiger partial charge is 0.344 e. The molecule has 1 heterocycles. The number of rotatable bonds is 6. The summed E-state index contributed by atoms with van der Waals surface area (Å²) in [5.74, 6) is 0.180. The summed E-state index contributed by atoms with van der Waals surface area (Å²) in [7, 11) is -2.41. The van der Waals surface area contributed by atoms with Crippen LogP contribution in [0.25, 0.3) is 0 Å². The first-order chi connectivity index (χ1) is 13.8. The lowest BCUT2D eigenvalue weighted by atomic mass is 10.1. The van der Waals surface area contributed by atoms with E-state index in [1.807, 2.05) is 31.2 Å². The molecule has 1 aliphatic heterocycles. The highest BCUT2D eigenvalue weighted by molar-refractivity contribution is 7.88. The average molecular weight is 413 g/mol. The third-order valence-corrected chi connectivity index (χ3v) is 5.88. The van der Waals surface area contributed by atoms with E-state index < -0.39 is 10.2 Å². The van der Waals surface area contributed by atoms with Crippen LogP contribution in [0.5, 0.6) is 5.75 Å². The van der Waals surface area contributed by atoms with Crippen molar-refractivity contribution in [3.63, 3.8) is 0 Å². The fourth-order valence-electron chi connectivity index (χ4n) is 2.91. The summed E-state index contributed by atoms with van der Waals surface area (Å²) in [6, 6.07) is 14.9. The van der Waals surface area contributed by atoms with E-state index in [1.54, 1.807) is 24.3 Å². The van der Waals surface area contributed by atoms with E-state index in [0.717, 1.165) is 15.4 Å². The second-order valence-corrected chi connectivity index (χ2v) is 8.27. The van der Waals surface area contributed by atoms with Gasteiger partial charge in [0.1, 0.15) is 5.75 Å². The second-order valence-electron chi connectivity index (χ2n) is 6.72. The Labute approximate surface area is 170 Å². The topological polar surface area (TPSA) is 88.1 Å². The van der Waals surface area contributed by atoms with E-state index in [-0.39, 0.29) is 23.7 Å². The Kier molecular flexibility index (Phi) is 6.03. The van der Waals surface area contributed by atoms with Crippen molar-refractivity contribution in [1.29, 1.82) is 0 Å². The van der Waals surface area contributed by atoms with Crippen molar-refractivity contribution in [2.24, 2.45) is 4.40 Å². The van der Waals surface area contributed by atoms with Crippen molar-refractivity contribution in [3.8, 4) is 5.75 Å². The molecule has 0 fully saturated rings. The van der Waals surface area contributed by atoms with Gasteiger partial charge in [0.25, 0.3) is 5.91 Å². The maximum atomic E-state index is 12.7. The number of ether oxygens (including phenoxy) is 1. The van der Waals surface area contributed by atoms with Crippen LogP contribution in [0.3, 0.4) is 0 Å². The van der Waals surface area contributed by atoms with Crippen LogP contribution in [0.4, 0.5) is 0 Å². The van der Waals surface area contributed by atoms with Gasteiger partial charge in [-0.1, -0.05) is 48.0 Å². The molecule has 8 heteroatoms. The molecule has 29 heavy (non-hydrogen) atoms. The van der Waals surface area contributed by atoms with Gasteiger partial charge in [-0.05, 0) is 25.5 Å². The summed E-state index contributed by atoms with van der Waals surface area (Å²) in [6.45, 7) is 3.85. The number of nitrogens with zero attached hydrogens (tertiary/aromatic N) is 2. The highest BCUT2D eigenvalue weighted by Gasteiger charge is 2.28. The first kappa shape index (κ1) is 20.6. The Balaban J connectivity index is 1.80. The predicted octanol–water partition coefficient (Wildman–Crippen LogP) is 2.73. The fourth-order valence-corrected chi connectivity index (χ4v) is 4.00. The molecule has 0 bridgehead atoms. The van der Waals surface area contributed by atoms with E-state index in [9.17, 15) is 13.2 Å². The molecule has 7 nitrogen and oxygen atoms in total. The lowest BCUT2D eigenvalue weighted by Gasteiger charge is -2.24. The number of para-hydroxylation sites is 1. The normalized spacial score (nSPS) is 15.3. The molecule has 2 aromatic rings. The molecular weight excluding hydrogens is 390 g/mol. The maximum Gasteiger partial charge on any atom is 0.344 e. The number of benzene rings is 2. The molecule has 152 valence electrons. The van der Waals surface area contributed by atoms with Gasteiger partial charge >= 0.3 is 10.2 Å². The number of hydrogen-bond donors (Lipinski definition) is 1. The quantitative estimate of drug-likeness (QED) is 0.789. The maximum absolute atomic E-state index is 12.7. The number of carbonyl (C=O) groups excluding carboxylic acids is 1. The van der Waals surface area contributed by atoms with Crippen LogP contribution >= 0.6 is 0 Å². The number of carbonyl (C=O) groups is 1. The standard InChI is InChI=1S/C21H23N3O4S/c1-15-8-10-17(11-9-15)12-22-21(25)19-14-24(29(26,27)23-16(19)2)13-18-6-4-5-7-20(18)28-3/h4-11,14H,12-13H2,1-3H3,(H,22,25). The van der Waals surface area contributed by atoms with Crippen molar-refractivity contribution < 1.29 is 17.9 Å². The van der Waals surface area contributed by atoms with Crippen LogP contribution in [0, 0.1) is 6.92 Å². The van der Waals surface area contributed by atoms with Crippen LogP contribution in [-0.2, 0) is 28.1 Å². The average Bonchev–Trinajstić information content (AvgIpc) is 2.69. The summed E-state index contributed by atoms with van der Waals surface area (Å²) >= 11 is 0. The molecule has 1 aliphatic rings. The van der Waals surface area contributed by atoms with Crippen LogP contribution in [-0.4, -0.2) is 31.5 Å². The van der Waals surface area contributed by atoms with Gasteiger partial charge < -0.3 is 10.1 Å². The monoisotopic (exact) mass is 413 g/mol. The number of hydrogen-bond acceptors (Lipinski definition) is 4. The fraction of sp³-hybridized carbons (Fsp3) is 0.238. The zero-order chi connectivity index (χ0) is 21.0. The highest BCUT2D eigenvalue weighted by atomic mass is 32.2. The van der Waals surface area contributed by atoms with Crippen LogP contribution in [0.2, 0.25) is 0 Å². The zero-order valence-corrected chi connectivity index (χ0v) is 17.4. The zero-order valence-electron chi connectivity index (χ0n) is 16.5. The minimum Gasteiger partial charge on any atom is -0.496 e. The van der Waals surface area contributed by atoms with E-state index in [0.29, 0.717) is 17.9 Å². The minimum atomic E-state index is -3.92. The predicted molar refractivity (Wildman–Crippen MR) is 112 cm³/mol. The SMILES string of the molecule is COc1ccccc1CN1C=C(C(=O)NCc2ccc(C)cc2)C(C)=NS1(=O)=O. The largest absolute Gasteiger partial charge is 0.496 e. The molecule has 0 aliphatic carbocycles. The molecule has 3 rings (SSSR count). The summed E-state index contributed by atoms with van der Waals surface area (Å²) in [5, 5.41) is 2.82. The van der Waals surface area contributed by atoms with Gasteiger partial charge in [-0.3, -0.25) is 9.10 Å². The first-order valence-electron chi connectivity index (χ1n) is 9.06. The number of nitrogens with one attached hydrogen (secondary N) is 1. The van der Waals surface area contributed by atoms with Gasteiger partial charge in [-0.2, -0.15) is 8.42 Å². The van der Waals surface area contributed by atoms with E-state index in [2.05, 4.69) is 9.71 Å². The number of amides is 1. The van der Waals surface area contributed by atoms with E-state index in [4.69, 9.17) is 4.74 Å². The van der Waals surface area contributed by atoms with Crippen molar-refractivity contribution >= 4 is 21.8 Å². The van der Waals surface area contributed by atoms with Gasteiger partial charge in [0.15, 0.2) is 0 Å². The Morgan fingerprint density at radius 3 is 2.48 bits per heavy atom. The molecule has 1 N–H and O–H groups in total. The summed E-state index contributed by atoms with van der Waals surface area (Å²) in [4.78, 5) is 12.7. The summed E-state index contributed by atoms with van der Waals surface area (Å²) in [5.41, 5.74) is 3.12. The molecule has 0 spiro atoms. The molecule has 0 aromatic heterocycles. The summed E-state index contributed by atoms with van der Waals surface area (Å²) < 4.78 is 35.1. The Hall–Kier alpha value is -3.13. The van der Waals surface area contributed by atoms with E-state index in [1.165, 1.54) is 20.2 Å². The molecule has 0 atom stereocenters. The lowest BCUT2D eigenvalue weighted by molar-refractivity contribution is -0.117. The van der Waals surface area contributed by atoms with Crippen LogP contribution < -0.4 is 10.1 Å². The van der Waals surface area contributed by atoms with Crippen molar-refractivity contribution in [3.05, 3.63) is 77.0 Å². The molecule has 0 unspecified atom stereocenters. The Bertz CT molecular complexity index is 1070. The second kappa shape index (κ2) is 8.48. The van der Waals surface area contributed by atoms with Crippen molar-refractivity contribution in [1.82, 2.24) is 9.62 Å². The third-order valence-electron chi connectivity index (χ3n) is 4.55. The molecule has 2 aromatic carbocycles. The highest BCUT2D eigenvalue weighted by Crippen LogP contribution is 2.24. The third kappa shape index (κ3) is 4.83. The van der Waals surface area contributed by atoms with Crippen LogP contribution in [0.1, 0.15) is 23.6 Å². The first-order valence-corrected chi connectivity index (χ1v) is 10.5. The molecule has 0 saturated carbocycles. The molecular formula is C21H23N3O4S.